The minimum Gasteiger partial charge on any atom is -0.496 e. The van der Waals surface area contributed by atoms with E-state index < -0.39 is 12.0 Å². The van der Waals surface area contributed by atoms with Crippen molar-refractivity contribution >= 4 is 51.1 Å². The molecule has 1 aliphatic rings. The van der Waals surface area contributed by atoms with Crippen molar-refractivity contribution in [3.8, 4) is 5.75 Å². The Balaban J connectivity index is 1.66. The molecule has 0 bridgehead atoms. The van der Waals surface area contributed by atoms with Gasteiger partial charge in [-0.2, -0.15) is 0 Å². The van der Waals surface area contributed by atoms with E-state index in [-0.39, 0.29) is 17.7 Å². The number of aromatic amines is 1. The lowest BCUT2D eigenvalue weighted by Gasteiger charge is -2.26. The highest BCUT2D eigenvalue weighted by Crippen LogP contribution is 2.37. The summed E-state index contributed by atoms with van der Waals surface area (Å²) >= 11 is 5.85. The number of para-hydroxylation sites is 1. The van der Waals surface area contributed by atoms with Gasteiger partial charge in [0.15, 0.2) is 15.1 Å². The molecule has 0 radical (unpaired) electrons. The summed E-state index contributed by atoms with van der Waals surface area (Å²) in [5.41, 5.74) is 1.54. The number of carbonyl (C=O) groups is 1. The molecule has 13 heteroatoms. The molecule has 0 unspecified atom stereocenters. The number of rotatable bonds is 9. The summed E-state index contributed by atoms with van der Waals surface area (Å²) in [5, 5.41) is 0.845. The van der Waals surface area contributed by atoms with Crippen LogP contribution in [0.25, 0.3) is 6.08 Å². The summed E-state index contributed by atoms with van der Waals surface area (Å²) in [7, 11) is 1.55. The molecule has 4 heterocycles. The maximum Gasteiger partial charge on any atom is 0.338 e. The van der Waals surface area contributed by atoms with E-state index in [1.807, 2.05) is 25.1 Å². The molecule has 1 aliphatic heterocycles. The van der Waals surface area contributed by atoms with Crippen LogP contribution in [0.2, 0.25) is 0 Å². The largest absolute Gasteiger partial charge is 0.496 e. The number of esters is 1. The normalized spacial score (nSPS) is 15.0. The maximum absolute atomic E-state index is 14.0. The fourth-order valence-electron chi connectivity index (χ4n) is 4.63. The van der Waals surface area contributed by atoms with Gasteiger partial charge >= 0.3 is 5.97 Å². The van der Waals surface area contributed by atoms with Crippen molar-refractivity contribution < 1.29 is 18.7 Å². The molecule has 1 atom stereocenters. The molecule has 0 saturated heterocycles. The summed E-state index contributed by atoms with van der Waals surface area (Å²) < 4.78 is 19.6. The first-order chi connectivity index (χ1) is 20.2. The molecule has 10 nitrogen and oxygen atoms in total. The standard InChI is InChI=1S/C29H27BrN4O6S2/c1-5-9-19-23(26(37)39-6-2)24(17-10-7-8-11-20(17)38-4)34-25(36)21(41-29(34)32-19)14-16-13-18(30)27(40-16)42-28-31-15(3)12-22(35)33-28/h7-8,10-14,24H,5-6,9H2,1-4H3,(H,31,33,35)/b21-14+/t24-/m0/s1. The van der Waals surface area contributed by atoms with Gasteiger partial charge in [0.2, 0.25) is 0 Å². The highest BCUT2D eigenvalue weighted by atomic mass is 79.9. The first-order valence-electron chi connectivity index (χ1n) is 13.1. The lowest BCUT2D eigenvalue weighted by atomic mass is 9.93. The molecule has 3 aromatic heterocycles. The third kappa shape index (κ3) is 5.94. The number of fused-ring (bicyclic) bond motifs is 1. The Morgan fingerprint density at radius 3 is 2.76 bits per heavy atom. The molecule has 0 saturated carbocycles. The van der Waals surface area contributed by atoms with Gasteiger partial charge in [0.25, 0.3) is 11.1 Å². The number of furan rings is 1. The summed E-state index contributed by atoms with van der Waals surface area (Å²) in [6.07, 6.45) is 2.92. The predicted octanol–water partition coefficient (Wildman–Crippen LogP) is 4.49. The minimum atomic E-state index is -0.793. The molecule has 0 spiro atoms. The zero-order chi connectivity index (χ0) is 30.0. The van der Waals surface area contributed by atoms with Gasteiger partial charge in [0.1, 0.15) is 17.6 Å². The zero-order valence-electron chi connectivity index (χ0n) is 23.2. The number of aromatic nitrogens is 3. The molecule has 218 valence electrons. The van der Waals surface area contributed by atoms with Gasteiger partial charge in [-0.15, -0.1) is 0 Å². The number of aryl methyl sites for hydroxylation is 1. The Morgan fingerprint density at radius 1 is 1.26 bits per heavy atom. The van der Waals surface area contributed by atoms with Crippen molar-refractivity contribution in [1.82, 2.24) is 14.5 Å². The van der Waals surface area contributed by atoms with Crippen LogP contribution in [0.3, 0.4) is 0 Å². The van der Waals surface area contributed by atoms with E-state index in [1.165, 1.54) is 22.0 Å². The van der Waals surface area contributed by atoms with E-state index >= 15 is 0 Å². The maximum atomic E-state index is 14.0. The SMILES string of the molecule is CCCC1=C(C(=O)OCC)[C@H](c2ccccc2OC)n2c(s/c(=C/c3cc(Br)c(Sc4nc(C)cc(=O)[nH]4)o3)c2=O)=N1. The van der Waals surface area contributed by atoms with Crippen LogP contribution in [0.15, 0.2) is 81.4 Å². The number of carbonyl (C=O) groups excluding carboxylic acids is 1. The second kappa shape index (κ2) is 12.7. The van der Waals surface area contributed by atoms with Gasteiger partial charge in [-0.25, -0.2) is 14.8 Å². The predicted molar refractivity (Wildman–Crippen MR) is 163 cm³/mol. The summed E-state index contributed by atoms with van der Waals surface area (Å²) in [5.74, 6) is 0.433. The van der Waals surface area contributed by atoms with E-state index in [1.54, 1.807) is 39.2 Å². The van der Waals surface area contributed by atoms with E-state index in [9.17, 15) is 14.4 Å². The van der Waals surface area contributed by atoms with E-state index in [2.05, 4.69) is 25.9 Å². The van der Waals surface area contributed by atoms with Crippen LogP contribution in [-0.4, -0.2) is 34.2 Å². The summed E-state index contributed by atoms with van der Waals surface area (Å²) in [6.45, 7) is 5.67. The number of hydrogen-bond donors (Lipinski definition) is 1. The van der Waals surface area contributed by atoms with E-state index in [0.717, 1.165) is 18.2 Å². The molecule has 4 aromatic rings. The van der Waals surface area contributed by atoms with Gasteiger partial charge in [-0.1, -0.05) is 42.9 Å². The van der Waals surface area contributed by atoms with Crippen LogP contribution in [0, 0.1) is 6.92 Å². The topological polar surface area (TPSA) is 129 Å². The third-order valence-electron chi connectivity index (χ3n) is 6.31. The zero-order valence-corrected chi connectivity index (χ0v) is 26.4. The van der Waals surface area contributed by atoms with Crippen molar-refractivity contribution in [2.45, 2.75) is 49.9 Å². The monoisotopic (exact) mass is 670 g/mol. The number of thiazole rings is 1. The number of methoxy groups -OCH3 is 1. The van der Waals surface area contributed by atoms with Crippen LogP contribution >= 0.6 is 39.0 Å². The van der Waals surface area contributed by atoms with Crippen LogP contribution in [0.5, 0.6) is 5.75 Å². The smallest absolute Gasteiger partial charge is 0.338 e. The molecule has 5 rings (SSSR count). The first kappa shape index (κ1) is 29.8. The van der Waals surface area contributed by atoms with E-state index in [0.29, 0.717) is 64.5 Å². The lowest BCUT2D eigenvalue weighted by Crippen LogP contribution is -2.40. The van der Waals surface area contributed by atoms with Crippen molar-refractivity contribution in [2.75, 3.05) is 13.7 Å². The highest BCUT2D eigenvalue weighted by molar-refractivity contribution is 9.10. The van der Waals surface area contributed by atoms with Gasteiger partial charge in [-0.05, 0) is 60.1 Å². The Morgan fingerprint density at radius 2 is 2.05 bits per heavy atom. The van der Waals surface area contributed by atoms with Crippen LogP contribution in [0.1, 0.15) is 49.7 Å². The summed E-state index contributed by atoms with van der Waals surface area (Å²) in [4.78, 5) is 51.5. The Bertz CT molecular complexity index is 1940. The Kier molecular flexibility index (Phi) is 8.99. The number of H-pyrrole nitrogens is 1. The van der Waals surface area contributed by atoms with E-state index in [4.69, 9.17) is 18.9 Å². The van der Waals surface area contributed by atoms with Gasteiger partial charge in [0.05, 0.1) is 34.0 Å². The number of nitrogens with one attached hydrogen (secondary N) is 1. The molecular formula is C29H27BrN4O6S2. The minimum absolute atomic E-state index is 0.185. The number of nitrogens with zero attached hydrogens (tertiary/aromatic N) is 3. The van der Waals surface area contributed by atoms with Gasteiger partial charge < -0.3 is 18.9 Å². The molecular weight excluding hydrogens is 644 g/mol. The molecule has 42 heavy (non-hydrogen) atoms. The second-order valence-electron chi connectivity index (χ2n) is 9.23. The van der Waals surface area contributed by atoms with Gasteiger partial charge in [0, 0.05) is 23.4 Å². The Labute approximate surface area is 256 Å². The fraction of sp³-hybridized carbons (Fsp3) is 0.276. The van der Waals surface area contributed by atoms with Crippen LogP contribution in [-0.2, 0) is 9.53 Å². The Hall–Kier alpha value is -3.68. The number of halogens is 1. The van der Waals surface area contributed by atoms with Crippen molar-refractivity contribution in [3.05, 3.63) is 99.2 Å². The highest BCUT2D eigenvalue weighted by Gasteiger charge is 2.35. The second-order valence-corrected chi connectivity index (χ2v) is 12.1. The molecule has 0 amide bonds. The first-order valence-corrected chi connectivity index (χ1v) is 15.6. The molecule has 1 aromatic carbocycles. The number of ether oxygens (including phenoxy) is 2. The molecule has 0 fully saturated rings. The molecule has 1 N–H and O–H groups in total. The quantitative estimate of drug-likeness (QED) is 0.204. The van der Waals surface area contributed by atoms with Crippen LogP contribution in [0.4, 0.5) is 0 Å². The fourth-order valence-corrected chi connectivity index (χ4v) is 6.99. The van der Waals surface area contributed by atoms with Crippen LogP contribution < -0.4 is 25.2 Å². The third-order valence-corrected chi connectivity index (χ3v) is 9.02. The number of allylic oxidation sites excluding steroid dienone is 1. The van der Waals surface area contributed by atoms with Crippen molar-refractivity contribution in [1.29, 1.82) is 0 Å². The van der Waals surface area contributed by atoms with Crippen molar-refractivity contribution in [2.24, 2.45) is 4.99 Å². The summed E-state index contributed by atoms with van der Waals surface area (Å²) in [6, 6.07) is 9.65. The van der Waals surface area contributed by atoms with Gasteiger partial charge in [-0.3, -0.25) is 14.2 Å². The average Bonchev–Trinajstić information content (AvgIpc) is 3.45. The number of benzene rings is 1. The number of hydrogen-bond acceptors (Lipinski definition) is 10. The van der Waals surface area contributed by atoms with Crippen molar-refractivity contribution in [3.63, 3.8) is 0 Å². The average molecular weight is 672 g/mol. The lowest BCUT2D eigenvalue weighted by molar-refractivity contribution is -0.139. The molecule has 0 aliphatic carbocycles.